The van der Waals surface area contributed by atoms with E-state index in [-0.39, 0.29) is 29.5 Å². The van der Waals surface area contributed by atoms with Crippen molar-refractivity contribution < 1.29 is 9.59 Å². The molecule has 6 heteroatoms. The van der Waals surface area contributed by atoms with E-state index in [1.807, 2.05) is 11.8 Å². The van der Waals surface area contributed by atoms with Gasteiger partial charge in [0.2, 0.25) is 5.91 Å². The lowest BCUT2D eigenvalue weighted by atomic mass is 10.1. The Bertz CT molecular complexity index is 689. The third kappa shape index (κ3) is 2.90. The summed E-state index contributed by atoms with van der Waals surface area (Å²) in [5.74, 6) is -0.342. The summed E-state index contributed by atoms with van der Waals surface area (Å²) in [6.07, 6.45) is 4.49. The highest BCUT2D eigenvalue weighted by Crippen LogP contribution is 2.25. The van der Waals surface area contributed by atoms with Crippen LogP contribution in [0, 0.1) is 6.92 Å². The van der Waals surface area contributed by atoms with Crippen molar-refractivity contribution in [3.63, 3.8) is 0 Å². The van der Waals surface area contributed by atoms with Crippen molar-refractivity contribution in [1.82, 2.24) is 14.4 Å². The zero-order valence-corrected chi connectivity index (χ0v) is 13.7. The molecule has 6 nitrogen and oxygen atoms in total. The first-order valence-electron chi connectivity index (χ1n) is 8.24. The maximum atomic E-state index is 12.6. The van der Waals surface area contributed by atoms with Crippen molar-refractivity contribution in [3.8, 4) is 0 Å². The lowest BCUT2D eigenvalue weighted by Crippen LogP contribution is -2.55. The van der Waals surface area contributed by atoms with Crippen molar-refractivity contribution in [1.29, 1.82) is 0 Å². The summed E-state index contributed by atoms with van der Waals surface area (Å²) >= 11 is 0. The molecule has 23 heavy (non-hydrogen) atoms. The van der Waals surface area contributed by atoms with Crippen molar-refractivity contribution in [2.45, 2.75) is 38.6 Å². The number of amides is 2. The Morgan fingerprint density at radius 1 is 1.13 bits per heavy atom. The van der Waals surface area contributed by atoms with Crippen molar-refractivity contribution in [2.75, 3.05) is 19.6 Å². The molecule has 0 radical (unpaired) electrons. The van der Waals surface area contributed by atoms with Gasteiger partial charge in [-0.05, 0) is 31.9 Å². The van der Waals surface area contributed by atoms with E-state index in [1.165, 1.54) is 22.3 Å². The number of carbonyl (C=O) groups excluding carboxylic acids is 2. The van der Waals surface area contributed by atoms with Crippen LogP contribution in [-0.2, 0) is 11.8 Å². The number of carbonyl (C=O) groups is 2. The Hall–Kier alpha value is -2.11. The van der Waals surface area contributed by atoms with Crippen molar-refractivity contribution in [3.05, 3.63) is 33.7 Å². The lowest BCUT2D eigenvalue weighted by Gasteiger charge is -2.37. The zero-order valence-electron chi connectivity index (χ0n) is 13.7. The summed E-state index contributed by atoms with van der Waals surface area (Å²) in [5.41, 5.74) is 0.634. The minimum Gasteiger partial charge on any atom is -0.336 e. The van der Waals surface area contributed by atoms with Gasteiger partial charge in [0, 0.05) is 31.9 Å². The van der Waals surface area contributed by atoms with E-state index in [0.717, 1.165) is 18.5 Å². The van der Waals surface area contributed by atoms with Crippen LogP contribution >= 0.6 is 0 Å². The highest BCUT2D eigenvalue weighted by Gasteiger charge is 2.33. The molecule has 0 N–H and O–H groups in total. The van der Waals surface area contributed by atoms with Crippen LogP contribution < -0.4 is 5.56 Å². The van der Waals surface area contributed by atoms with Crippen molar-refractivity contribution in [2.24, 2.45) is 7.05 Å². The van der Waals surface area contributed by atoms with E-state index < -0.39 is 0 Å². The average Bonchev–Trinajstić information content (AvgIpc) is 3.06. The number of piperazine rings is 1. The van der Waals surface area contributed by atoms with Gasteiger partial charge in [-0.1, -0.05) is 12.8 Å². The molecule has 2 aliphatic rings. The highest BCUT2D eigenvalue weighted by molar-refractivity contribution is 5.96. The molecule has 0 spiro atoms. The molecule has 1 aliphatic carbocycles. The molecule has 3 rings (SSSR count). The molecule has 1 aliphatic heterocycles. The van der Waals surface area contributed by atoms with E-state index in [4.69, 9.17) is 0 Å². The Balaban J connectivity index is 1.74. The van der Waals surface area contributed by atoms with Gasteiger partial charge < -0.3 is 14.4 Å². The fraction of sp³-hybridized carbons (Fsp3) is 0.588. The predicted octanol–water partition coefficient (Wildman–Crippen LogP) is 0.921. The summed E-state index contributed by atoms with van der Waals surface area (Å²) in [5, 5.41) is 0. The Kier molecular flexibility index (Phi) is 4.24. The second kappa shape index (κ2) is 6.18. The third-order valence-electron chi connectivity index (χ3n) is 5.10. The van der Waals surface area contributed by atoms with Crippen LogP contribution in [0.4, 0.5) is 0 Å². The Labute approximate surface area is 135 Å². The van der Waals surface area contributed by atoms with Gasteiger partial charge in [-0.2, -0.15) is 0 Å². The number of rotatable bonds is 2. The fourth-order valence-corrected chi connectivity index (χ4v) is 3.52. The number of hydrogen-bond acceptors (Lipinski definition) is 3. The smallest absolute Gasteiger partial charge is 0.263 e. The Morgan fingerprint density at radius 2 is 1.83 bits per heavy atom. The first kappa shape index (κ1) is 15.8. The zero-order chi connectivity index (χ0) is 16.6. The van der Waals surface area contributed by atoms with Gasteiger partial charge in [-0.3, -0.25) is 14.4 Å². The lowest BCUT2D eigenvalue weighted by molar-refractivity contribution is -0.137. The molecular weight excluding hydrogens is 294 g/mol. The maximum Gasteiger partial charge on any atom is 0.263 e. The SMILES string of the molecule is Cc1ccc(C(=O)N2CCN(C3CCCC3)C(=O)C2)c(=O)n1C. The fourth-order valence-electron chi connectivity index (χ4n) is 3.52. The normalized spacial score (nSPS) is 19.5. The molecular formula is C17H23N3O3. The van der Waals surface area contributed by atoms with E-state index in [9.17, 15) is 14.4 Å². The van der Waals surface area contributed by atoms with Crippen LogP contribution in [0.1, 0.15) is 41.7 Å². The van der Waals surface area contributed by atoms with Gasteiger partial charge in [0.15, 0.2) is 0 Å². The second-order valence-electron chi connectivity index (χ2n) is 6.50. The van der Waals surface area contributed by atoms with Crippen LogP contribution in [0.2, 0.25) is 0 Å². The minimum absolute atomic E-state index is 0.000403. The molecule has 2 fully saturated rings. The summed E-state index contributed by atoms with van der Waals surface area (Å²) in [6.45, 7) is 2.96. The number of hydrogen-bond donors (Lipinski definition) is 0. The summed E-state index contributed by atoms with van der Waals surface area (Å²) in [7, 11) is 1.65. The van der Waals surface area contributed by atoms with Gasteiger partial charge in [-0.15, -0.1) is 0 Å². The largest absolute Gasteiger partial charge is 0.336 e. The first-order valence-corrected chi connectivity index (χ1v) is 8.24. The first-order chi connectivity index (χ1) is 11.0. The molecule has 2 heterocycles. The third-order valence-corrected chi connectivity index (χ3v) is 5.10. The molecule has 0 atom stereocenters. The topological polar surface area (TPSA) is 62.6 Å². The maximum absolute atomic E-state index is 12.6. The van der Waals surface area contributed by atoms with E-state index in [0.29, 0.717) is 19.1 Å². The molecule has 2 amide bonds. The predicted molar refractivity (Wildman–Crippen MR) is 86.3 cm³/mol. The molecule has 0 aromatic carbocycles. The van der Waals surface area contributed by atoms with Gasteiger partial charge in [0.05, 0.1) is 0 Å². The molecule has 1 saturated carbocycles. The van der Waals surface area contributed by atoms with Crippen LogP contribution in [0.25, 0.3) is 0 Å². The number of aromatic nitrogens is 1. The molecule has 124 valence electrons. The molecule has 1 saturated heterocycles. The minimum atomic E-state index is -0.343. The van der Waals surface area contributed by atoms with Crippen LogP contribution in [-0.4, -0.2) is 51.9 Å². The Morgan fingerprint density at radius 3 is 2.48 bits per heavy atom. The van der Waals surface area contributed by atoms with Crippen molar-refractivity contribution >= 4 is 11.8 Å². The number of aryl methyl sites for hydroxylation is 1. The molecule has 0 bridgehead atoms. The summed E-state index contributed by atoms with van der Waals surface area (Å²) in [4.78, 5) is 40.7. The second-order valence-corrected chi connectivity index (χ2v) is 6.50. The standard InChI is InChI=1S/C17H23N3O3/c1-12-7-8-14(16(22)18(12)2)17(23)19-9-10-20(15(21)11-19)13-5-3-4-6-13/h7-8,13H,3-6,9-11H2,1-2H3. The van der Waals surface area contributed by atoms with E-state index in [1.54, 1.807) is 19.2 Å². The average molecular weight is 317 g/mol. The number of nitrogens with zero attached hydrogens (tertiary/aromatic N) is 3. The van der Waals surface area contributed by atoms with Gasteiger partial charge in [0.25, 0.3) is 11.5 Å². The molecule has 0 unspecified atom stereocenters. The van der Waals surface area contributed by atoms with Crippen LogP contribution in [0.15, 0.2) is 16.9 Å². The van der Waals surface area contributed by atoms with Gasteiger partial charge >= 0.3 is 0 Å². The number of pyridine rings is 1. The summed E-state index contributed by atoms with van der Waals surface area (Å²) < 4.78 is 1.46. The van der Waals surface area contributed by atoms with E-state index in [2.05, 4.69) is 0 Å². The molecule has 1 aromatic rings. The van der Waals surface area contributed by atoms with E-state index >= 15 is 0 Å². The van der Waals surface area contributed by atoms with Gasteiger partial charge in [-0.25, -0.2) is 0 Å². The summed E-state index contributed by atoms with van der Waals surface area (Å²) in [6, 6.07) is 3.66. The quantitative estimate of drug-likeness (QED) is 0.815. The van der Waals surface area contributed by atoms with Crippen LogP contribution in [0.5, 0.6) is 0 Å². The monoisotopic (exact) mass is 317 g/mol. The van der Waals surface area contributed by atoms with Crippen LogP contribution in [0.3, 0.4) is 0 Å². The molecule has 1 aromatic heterocycles. The van der Waals surface area contributed by atoms with Gasteiger partial charge in [0.1, 0.15) is 12.1 Å². The highest BCUT2D eigenvalue weighted by atomic mass is 16.2.